The van der Waals surface area contributed by atoms with Crippen molar-refractivity contribution in [1.29, 1.82) is 0 Å². The summed E-state index contributed by atoms with van der Waals surface area (Å²) in [6.07, 6.45) is 10.4. The lowest BCUT2D eigenvalue weighted by Gasteiger charge is -2.38. The number of nitrogens with zero attached hydrogens (tertiary/aromatic N) is 6. The van der Waals surface area contributed by atoms with Gasteiger partial charge in [-0.25, -0.2) is 19.9 Å². The summed E-state index contributed by atoms with van der Waals surface area (Å²) >= 11 is 0. The molecular formula is C17H21N7O. The molecule has 25 heavy (non-hydrogen) atoms. The number of aromatic nitrogens is 6. The molecule has 3 aromatic rings. The zero-order chi connectivity index (χ0) is 17.3. The van der Waals surface area contributed by atoms with Gasteiger partial charge in [0.1, 0.15) is 12.1 Å². The fraction of sp³-hybridized carbons (Fsp3) is 0.471. The van der Waals surface area contributed by atoms with Crippen LogP contribution in [0, 0.1) is 5.41 Å². The van der Waals surface area contributed by atoms with Crippen LogP contribution in [-0.2, 0) is 0 Å². The number of nitrogens with one attached hydrogen (secondary N) is 1. The van der Waals surface area contributed by atoms with Crippen molar-refractivity contribution < 1.29 is 5.11 Å². The summed E-state index contributed by atoms with van der Waals surface area (Å²) in [5, 5.41) is 18.9. The van der Waals surface area contributed by atoms with E-state index in [1.54, 1.807) is 29.3 Å². The van der Waals surface area contributed by atoms with Gasteiger partial charge in [0.15, 0.2) is 5.65 Å². The Morgan fingerprint density at radius 1 is 1.24 bits per heavy atom. The Hall–Kier alpha value is -2.61. The van der Waals surface area contributed by atoms with Crippen molar-refractivity contribution in [1.82, 2.24) is 29.7 Å². The van der Waals surface area contributed by atoms with Crippen molar-refractivity contribution >= 4 is 16.9 Å². The Labute approximate surface area is 145 Å². The number of anilines is 1. The summed E-state index contributed by atoms with van der Waals surface area (Å²) in [7, 11) is 0. The summed E-state index contributed by atoms with van der Waals surface area (Å²) in [6.45, 7) is 2.79. The first-order valence-corrected chi connectivity index (χ1v) is 8.55. The second kappa shape index (κ2) is 6.36. The van der Waals surface area contributed by atoms with Crippen LogP contribution in [0.25, 0.3) is 17.0 Å². The quantitative estimate of drug-likeness (QED) is 0.749. The molecular weight excluding hydrogens is 318 g/mol. The maximum Gasteiger partial charge on any atom is 0.252 e. The third kappa shape index (κ3) is 2.93. The van der Waals surface area contributed by atoms with Crippen LogP contribution in [-0.4, -0.2) is 47.5 Å². The summed E-state index contributed by atoms with van der Waals surface area (Å²) in [5.74, 6) is 1.18. The van der Waals surface area contributed by atoms with Crippen LogP contribution in [0.3, 0.4) is 0 Å². The molecule has 4 rings (SSSR count). The molecule has 1 fully saturated rings. The number of hydrogen-bond donors (Lipinski definition) is 2. The molecule has 0 amide bonds. The van der Waals surface area contributed by atoms with Crippen molar-refractivity contribution in [3.05, 3.63) is 31.0 Å². The van der Waals surface area contributed by atoms with Gasteiger partial charge in [-0.3, -0.25) is 0 Å². The molecule has 0 aromatic carbocycles. The van der Waals surface area contributed by atoms with E-state index in [1.807, 2.05) is 0 Å². The van der Waals surface area contributed by atoms with Crippen LogP contribution in [0.15, 0.2) is 31.0 Å². The van der Waals surface area contributed by atoms with Gasteiger partial charge in [-0.15, -0.1) is 0 Å². The normalized spacial score (nSPS) is 23.7. The Morgan fingerprint density at radius 2 is 2.08 bits per heavy atom. The lowest BCUT2D eigenvalue weighted by atomic mass is 9.73. The third-order valence-electron chi connectivity index (χ3n) is 5.05. The summed E-state index contributed by atoms with van der Waals surface area (Å²) in [4.78, 5) is 17.1. The highest BCUT2D eigenvalue weighted by atomic mass is 16.3. The molecule has 1 aliphatic carbocycles. The first-order valence-electron chi connectivity index (χ1n) is 8.55. The van der Waals surface area contributed by atoms with Gasteiger partial charge in [0.25, 0.3) is 5.95 Å². The predicted octanol–water partition coefficient (Wildman–Crippen LogP) is 1.96. The highest BCUT2D eigenvalue weighted by molar-refractivity contribution is 5.86. The smallest absolute Gasteiger partial charge is 0.252 e. The SMILES string of the molecule is CC1(CNc2ncnc3c2cnn3-c2ncccn2)CCCCC1O. The van der Waals surface area contributed by atoms with Crippen LogP contribution >= 0.6 is 0 Å². The van der Waals surface area contributed by atoms with Gasteiger partial charge in [-0.2, -0.15) is 9.78 Å². The van der Waals surface area contributed by atoms with E-state index in [1.165, 1.54) is 6.33 Å². The fourth-order valence-electron chi connectivity index (χ4n) is 3.41. The predicted molar refractivity (Wildman–Crippen MR) is 93.3 cm³/mol. The van der Waals surface area contributed by atoms with Crippen LogP contribution in [0.4, 0.5) is 5.82 Å². The van der Waals surface area contributed by atoms with Gasteiger partial charge in [0, 0.05) is 24.4 Å². The van der Waals surface area contributed by atoms with Crippen molar-refractivity contribution in [2.45, 2.75) is 38.7 Å². The largest absolute Gasteiger partial charge is 0.392 e. The highest BCUT2D eigenvalue weighted by Gasteiger charge is 2.35. The third-order valence-corrected chi connectivity index (χ3v) is 5.05. The molecule has 3 aromatic heterocycles. The minimum absolute atomic E-state index is 0.145. The Kier molecular flexibility index (Phi) is 4.04. The van der Waals surface area contributed by atoms with Gasteiger partial charge >= 0.3 is 0 Å². The molecule has 0 radical (unpaired) electrons. The molecule has 0 aliphatic heterocycles. The minimum atomic E-state index is -0.286. The van der Waals surface area contributed by atoms with Crippen LogP contribution in [0.1, 0.15) is 32.6 Å². The second-order valence-electron chi connectivity index (χ2n) is 6.83. The molecule has 8 heteroatoms. The van der Waals surface area contributed by atoms with E-state index < -0.39 is 0 Å². The molecule has 2 N–H and O–H groups in total. The van der Waals surface area contributed by atoms with Crippen molar-refractivity contribution in [3.8, 4) is 5.95 Å². The number of fused-ring (bicyclic) bond motifs is 1. The fourth-order valence-corrected chi connectivity index (χ4v) is 3.41. The van der Waals surface area contributed by atoms with Gasteiger partial charge < -0.3 is 10.4 Å². The highest BCUT2D eigenvalue weighted by Crippen LogP contribution is 2.36. The average molecular weight is 339 g/mol. The maximum absolute atomic E-state index is 10.4. The van der Waals surface area contributed by atoms with Gasteiger partial charge in [-0.1, -0.05) is 19.8 Å². The zero-order valence-electron chi connectivity index (χ0n) is 14.1. The minimum Gasteiger partial charge on any atom is -0.392 e. The number of rotatable bonds is 4. The summed E-state index contributed by atoms with van der Waals surface area (Å²) < 4.78 is 1.60. The monoisotopic (exact) mass is 339 g/mol. The van der Waals surface area contributed by atoms with Crippen LogP contribution in [0.2, 0.25) is 0 Å². The molecule has 1 saturated carbocycles. The molecule has 2 atom stereocenters. The Balaban J connectivity index is 1.62. The lowest BCUT2D eigenvalue weighted by Crippen LogP contribution is -2.41. The first-order chi connectivity index (χ1) is 12.2. The summed E-state index contributed by atoms with van der Waals surface area (Å²) in [5.41, 5.74) is 0.506. The van der Waals surface area contributed by atoms with E-state index in [2.05, 4.69) is 37.3 Å². The van der Waals surface area contributed by atoms with Crippen molar-refractivity contribution in [2.75, 3.05) is 11.9 Å². The Bertz CT molecular complexity index is 866. The maximum atomic E-state index is 10.4. The van der Waals surface area contributed by atoms with E-state index >= 15 is 0 Å². The molecule has 0 saturated heterocycles. The molecule has 0 bridgehead atoms. The molecule has 1 aliphatic rings. The molecule has 130 valence electrons. The molecule has 2 unspecified atom stereocenters. The number of aliphatic hydroxyl groups excluding tert-OH is 1. The second-order valence-corrected chi connectivity index (χ2v) is 6.83. The molecule has 8 nitrogen and oxygen atoms in total. The van der Waals surface area contributed by atoms with E-state index in [9.17, 15) is 5.11 Å². The molecule has 3 heterocycles. The van der Waals surface area contributed by atoms with Crippen LogP contribution in [0.5, 0.6) is 0 Å². The van der Waals surface area contributed by atoms with E-state index in [0.29, 0.717) is 24.0 Å². The average Bonchev–Trinajstić information content (AvgIpc) is 3.08. The number of aliphatic hydroxyl groups is 1. The summed E-state index contributed by atoms with van der Waals surface area (Å²) in [6, 6.07) is 1.76. The van der Waals surface area contributed by atoms with Gasteiger partial charge in [0.05, 0.1) is 17.7 Å². The van der Waals surface area contributed by atoms with Gasteiger partial charge in [0.2, 0.25) is 0 Å². The van der Waals surface area contributed by atoms with E-state index in [-0.39, 0.29) is 11.5 Å². The Morgan fingerprint density at radius 3 is 2.88 bits per heavy atom. The van der Waals surface area contributed by atoms with Crippen molar-refractivity contribution in [3.63, 3.8) is 0 Å². The standard InChI is InChI=1S/C17H21N7O/c1-17(6-3-2-5-13(17)25)10-20-14-12-9-23-24(15(12)22-11-21-14)16-18-7-4-8-19-16/h4,7-9,11,13,25H,2-3,5-6,10H2,1H3,(H,20,21,22). The first kappa shape index (κ1) is 15.9. The van der Waals surface area contributed by atoms with E-state index in [0.717, 1.165) is 31.1 Å². The molecule has 0 spiro atoms. The topological polar surface area (TPSA) is 102 Å². The van der Waals surface area contributed by atoms with Crippen LogP contribution < -0.4 is 5.32 Å². The number of hydrogen-bond acceptors (Lipinski definition) is 7. The van der Waals surface area contributed by atoms with Gasteiger partial charge in [-0.05, 0) is 18.9 Å². The van der Waals surface area contributed by atoms with Crippen molar-refractivity contribution in [2.24, 2.45) is 5.41 Å². The van der Waals surface area contributed by atoms with E-state index in [4.69, 9.17) is 0 Å². The lowest BCUT2D eigenvalue weighted by molar-refractivity contribution is 0.00960. The zero-order valence-corrected chi connectivity index (χ0v) is 14.1.